The first-order valence-electron chi connectivity index (χ1n) is 4.35. The topological polar surface area (TPSA) is 40.3 Å². The van der Waals surface area contributed by atoms with Gasteiger partial charge in [0, 0.05) is 19.6 Å². The van der Waals surface area contributed by atoms with Gasteiger partial charge in [-0.05, 0) is 20.2 Å². The van der Waals surface area contributed by atoms with Crippen molar-refractivity contribution >= 4 is 20.2 Å². The molecule has 0 aromatic heterocycles. The van der Waals surface area contributed by atoms with E-state index >= 15 is 0 Å². The Kier molecular flexibility index (Phi) is 8.34. The highest BCUT2D eigenvalue weighted by Crippen LogP contribution is 1.88. The van der Waals surface area contributed by atoms with Crippen LogP contribution in [-0.2, 0) is 0 Å². The van der Waals surface area contributed by atoms with Gasteiger partial charge in [0.05, 0.1) is 19.6 Å². The molecule has 0 amide bonds. The molecule has 0 aromatic carbocycles. The van der Waals surface area contributed by atoms with Crippen molar-refractivity contribution in [2.75, 3.05) is 39.3 Å². The second-order valence-electron chi connectivity index (χ2n) is 2.68. The largest absolute Gasteiger partial charge is 0.300 e. The van der Waals surface area contributed by atoms with Crippen molar-refractivity contribution in [3.63, 3.8) is 0 Å². The number of hydrogen-bond donors (Lipinski definition) is 0. The van der Waals surface area contributed by atoms with Gasteiger partial charge < -0.3 is 0 Å². The SMILES string of the molecule is C=NCCN(CCN=C)CCN=C. The summed E-state index contributed by atoms with van der Waals surface area (Å²) in [6.07, 6.45) is 0. The van der Waals surface area contributed by atoms with Crippen molar-refractivity contribution in [2.24, 2.45) is 15.0 Å². The highest BCUT2D eigenvalue weighted by molar-refractivity contribution is 5.23. The molecule has 0 unspecified atom stereocenters. The number of hydrogen-bond acceptors (Lipinski definition) is 4. The van der Waals surface area contributed by atoms with E-state index in [1.54, 1.807) is 0 Å². The second kappa shape index (κ2) is 9.06. The van der Waals surface area contributed by atoms with Gasteiger partial charge in [-0.25, -0.2) is 0 Å². The lowest BCUT2D eigenvalue weighted by molar-refractivity contribution is 0.298. The summed E-state index contributed by atoms with van der Waals surface area (Å²) >= 11 is 0. The van der Waals surface area contributed by atoms with Gasteiger partial charge in [0.1, 0.15) is 0 Å². The zero-order chi connectivity index (χ0) is 9.94. The zero-order valence-electron chi connectivity index (χ0n) is 8.15. The summed E-state index contributed by atoms with van der Waals surface area (Å²) in [5, 5.41) is 0. The average molecular weight is 182 g/mol. The van der Waals surface area contributed by atoms with E-state index < -0.39 is 0 Å². The molecule has 4 heteroatoms. The molecular formula is C9H18N4. The lowest BCUT2D eigenvalue weighted by Crippen LogP contribution is -2.31. The fourth-order valence-corrected chi connectivity index (χ4v) is 0.972. The van der Waals surface area contributed by atoms with Gasteiger partial charge in [0.2, 0.25) is 0 Å². The Hall–Kier alpha value is -1.03. The lowest BCUT2D eigenvalue weighted by Gasteiger charge is -2.18. The van der Waals surface area contributed by atoms with Crippen LogP contribution < -0.4 is 0 Å². The molecule has 74 valence electrons. The highest BCUT2D eigenvalue weighted by Gasteiger charge is 2.01. The van der Waals surface area contributed by atoms with Crippen molar-refractivity contribution in [3.8, 4) is 0 Å². The Labute approximate surface area is 80.1 Å². The van der Waals surface area contributed by atoms with Gasteiger partial charge in [-0.3, -0.25) is 19.9 Å². The Bertz CT molecular complexity index is 127. The van der Waals surface area contributed by atoms with E-state index in [4.69, 9.17) is 0 Å². The van der Waals surface area contributed by atoms with Crippen molar-refractivity contribution in [3.05, 3.63) is 0 Å². The molecular weight excluding hydrogens is 164 g/mol. The van der Waals surface area contributed by atoms with Crippen LogP contribution in [0.5, 0.6) is 0 Å². The second-order valence-corrected chi connectivity index (χ2v) is 2.68. The Morgan fingerprint density at radius 2 is 1.00 bits per heavy atom. The third-order valence-electron chi connectivity index (χ3n) is 1.72. The third kappa shape index (κ3) is 7.33. The maximum atomic E-state index is 3.81. The summed E-state index contributed by atoms with van der Waals surface area (Å²) < 4.78 is 0. The Morgan fingerprint density at radius 1 is 0.692 bits per heavy atom. The summed E-state index contributed by atoms with van der Waals surface area (Å²) in [7, 11) is 0. The number of nitrogens with zero attached hydrogens (tertiary/aromatic N) is 4. The lowest BCUT2D eigenvalue weighted by atomic mass is 10.4. The van der Waals surface area contributed by atoms with Gasteiger partial charge >= 0.3 is 0 Å². The predicted octanol–water partition coefficient (Wildman–Crippen LogP) is 0.390. The van der Waals surface area contributed by atoms with Crippen LogP contribution in [0.1, 0.15) is 0 Å². The van der Waals surface area contributed by atoms with E-state index in [9.17, 15) is 0 Å². The molecule has 0 bridgehead atoms. The molecule has 0 aromatic rings. The van der Waals surface area contributed by atoms with Crippen LogP contribution >= 0.6 is 0 Å². The van der Waals surface area contributed by atoms with Crippen molar-refractivity contribution in [2.45, 2.75) is 0 Å². The maximum absolute atomic E-state index is 3.81. The van der Waals surface area contributed by atoms with Crippen LogP contribution in [0.25, 0.3) is 0 Å². The van der Waals surface area contributed by atoms with E-state index in [-0.39, 0.29) is 0 Å². The molecule has 13 heavy (non-hydrogen) atoms. The van der Waals surface area contributed by atoms with Gasteiger partial charge in [0.15, 0.2) is 0 Å². The van der Waals surface area contributed by atoms with Crippen LogP contribution in [-0.4, -0.2) is 64.3 Å². The van der Waals surface area contributed by atoms with Crippen LogP contribution in [0.2, 0.25) is 0 Å². The Morgan fingerprint density at radius 3 is 1.23 bits per heavy atom. The van der Waals surface area contributed by atoms with E-state index in [2.05, 4.69) is 40.0 Å². The van der Waals surface area contributed by atoms with E-state index in [1.807, 2.05) is 0 Å². The summed E-state index contributed by atoms with van der Waals surface area (Å²) in [4.78, 5) is 13.7. The molecule has 4 nitrogen and oxygen atoms in total. The minimum absolute atomic E-state index is 0.758. The fourth-order valence-electron chi connectivity index (χ4n) is 0.972. The predicted molar refractivity (Wildman–Crippen MR) is 59.7 cm³/mol. The van der Waals surface area contributed by atoms with E-state index in [0.717, 1.165) is 39.3 Å². The van der Waals surface area contributed by atoms with Crippen LogP contribution in [0, 0.1) is 0 Å². The molecule has 0 aliphatic heterocycles. The minimum Gasteiger partial charge on any atom is -0.300 e. The normalized spacial score (nSPS) is 9.92. The highest BCUT2D eigenvalue weighted by atomic mass is 15.1. The molecule has 0 N–H and O–H groups in total. The zero-order valence-corrected chi connectivity index (χ0v) is 8.15. The molecule has 0 aliphatic carbocycles. The summed E-state index contributed by atoms with van der Waals surface area (Å²) in [5.74, 6) is 0. The summed E-state index contributed by atoms with van der Waals surface area (Å²) in [5.41, 5.74) is 0. The number of aliphatic imine (C=N–C) groups is 3. The molecule has 0 atom stereocenters. The maximum Gasteiger partial charge on any atom is 0.0509 e. The first-order chi connectivity index (χ1) is 6.35. The average Bonchev–Trinajstić information content (AvgIpc) is 2.17. The van der Waals surface area contributed by atoms with Gasteiger partial charge in [0.25, 0.3) is 0 Å². The Balaban J connectivity index is 3.64. The van der Waals surface area contributed by atoms with Gasteiger partial charge in [-0.15, -0.1) is 0 Å². The van der Waals surface area contributed by atoms with Gasteiger partial charge in [-0.1, -0.05) is 0 Å². The van der Waals surface area contributed by atoms with E-state index in [0.29, 0.717) is 0 Å². The fraction of sp³-hybridized carbons (Fsp3) is 0.667. The first kappa shape index (κ1) is 12.0. The molecule has 0 radical (unpaired) electrons. The van der Waals surface area contributed by atoms with Crippen LogP contribution in [0.4, 0.5) is 0 Å². The van der Waals surface area contributed by atoms with Crippen molar-refractivity contribution in [1.82, 2.24) is 4.90 Å². The molecule has 0 spiro atoms. The standard InChI is InChI=1S/C9H18N4/c1-10-4-7-13(8-5-11-2)9-6-12-3/h1-9H2. The van der Waals surface area contributed by atoms with Crippen LogP contribution in [0.15, 0.2) is 15.0 Å². The molecule has 0 saturated heterocycles. The third-order valence-corrected chi connectivity index (χ3v) is 1.72. The van der Waals surface area contributed by atoms with Gasteiger partial charge in [-0.2, -0.15) is 0 Å². The molecule has 0 rings (SSSR count). The smallest absolute Gasteiger partial charge is 0.0509 e. The molecule has 0 saturated carbocycles. The minimum atomic E-state index is 0.758. The van der Waals surface area contributed by atoms with E-state index in [1.165, 1.54) is 0 Å². The summed E-state index contributed by atoms with van der Waals surface area (Å²) in [6.45, 7) is 15.3. The first-order valence-corrected chi connectivity index (χ1v) is 4.35. The monoisotopic (exact) mass is 182 g/mol. The van der Waals surface area contributed by atoms with Crippen molar-refractivity contribution in [1.29, 1.82) is 0 Å². The molecule has 0 aliphatic rings. The molecule has 0 heterocycles. The van der Waals surface area contributed by atoms with Crippen molar-refractivity contribution < 1.29 is 0 Å². The summed E-state index contributed by atoms with van der Waals surface area (Å²) in [6, 6.07) is 0. The quantitative estimate of drug-likeness (QED) is 0.475. The number of rotatable bonds is 9. The molecule has 0 fully saturated rings. The van der Waals surface area contributed by atoms with Crippen LogP contribution in [0.3, 0.4) is 0 Å².